The predicted octanol–water partition coefficient (Wildman–Crippen LogP) is 4.89. The molecule has 0 aromatic heterocycles. The van der Waals surface area contributed by atoms with E-state index < -0.39 is 15.9 Å². The Bertz CT molecular complexity index is 1100. The molecule has 3 aromatic rings. The Morgan fingerprint density at radius 3 is 2.27 bits per heavy atom. The number of para-hydroxylation sites is 1. The van der Waals surface area contributed by atoms with Crippen LogP contribution < -0.4 is 5.32 Å². The molecular weight excluding hydrogens is 440 g/mol. The molecule has 30 heavy (non-hydrogen) atoms. The van der Waals surface area contributed by atoms with Crippen molar-refractivity contribution < 1.29 is 13.2 Å². The van der Waals surface area contributed by atoms with Crippen LogP contribution >= 0.6 is 23.4 Å². The van der Waals surface area contributed by atoms with Crippen molar-refractivity contribution in [1.29, 1.82) is 0 Å². The number of carbonyl (C=O) groups is 1. The molecule has 0 heterocycles. The van der Waals surface area contributed by atoms with E-state index in [2.05, 4.69) is 5.32 Å². The van der Waals surface area contributed by atoms with Gasteiger partial charge in [0.05, 0.1) is 18.5 Å². The van der Waals surface area contributed by atoms with Gasteiger partial charge in [-0.15, -0.1) is 0 Å². The number of rotatable bonds is 8. The monoisotopic (exact) mass is 460 g/mol. The fourth-order valence-electron chi connectivity index (χ4n) is 2.71. The van der Waals surface area contributed by atoms with Gasteiger partial charge in [0.2, 0.25) is 15.9 Å². The number of amides is 1. The zero-order valence-electron chi connectivity index (χ0n) is 16.3. The van der Waals surface area contributed by atoms with E-state index in [0.29, 0.717) is 10.7 Å². The standard InChI is InChI=1S/C22H21ClN2O3S2/c1-30(27,28)25(15-17-11-13-18(23)14-12-17)16-22(26)24-20-9-5-6-10-21(20)29-19-7-3-2-4-8-19/h2-14H,15-16H2,1H3,(H,24,26). The number of nitrogens with zero attached hydrogens (tertiary/aromatic N) is 1. The zero-order chi connectivity index (χ0) is 21.6. The minimum atomic E-state index is -3.58. The summed E-state index contributed by atoms with van der Waals surface area (Å²) in [5.74, 6) is -0.407. The molecule has 0 atom stereocenters. The van der Waals surface area contributed by atoms with E-state index in [1.54, 1.807) is 30.3 Å². The highest BCUT2D eigenvalue weighted by molar-refractivity contribution is 7.99. The number of nitrogens with one attached hydrogen (secondary N) is 1. The van der Waals surface area contributed by atoms with Gasteiger partial charge in [-0.1, -0.05) is 65.8 Å². The van der Waals surface area contributed by atoms with Crippen LogP contribution in [-0.4, -0.2) is 31.4 Å². The highest BCUT2D eigenvalue weighted by Gasteiger charge is 2.21. The maximum absolute atomic E-state index is 12.7. The smallest absolute Gasteiger partial charge is 0.239 e. The van der Waals surface area contributed by atoms with Crippen LogP contribution in [0.1, 0.15) is 5.56 Å². The number of carbonyl (C=O) groups excluding carboxylic acids is 1. The van der Waals surface area contributed by atoms with E-state index >= 15 is 0 Å². The van der Waals surface area contributed by atoms with Crippen LogP contribution in [0.5, 0.6) is 0 Å². The highest BCUT2D eigenvalue weighted by atomic mass is 35.5. The molecule has 0 unspecified atom stereocenters. The molecule has 1 amide bonds. The van der Waals surface area contributed by atoms with Crippen molar-refractivity contribution in [3.8, 4) is 0 Å². The number of anilines is 1. The summed E-state index contributed by atoms with van der Waals surface area (Å²) in [7, 11) is -3.58. The molecule has 0 saturated heterocycles. The van der Waals surface area contributed by atoms with Gasteiger partial charge in [-0.3, -0.25) is 4.79 Å². The molecule has 8 heteroatoms. The molecule has 3 rings (SSSR count). The van der Waals surface area contributed by atoms with Gasteiger partial charge >= 0.3 is 0 Å². The molecule has 156 valence electrons. The fourth-order valence-corrected chi connectivity index (χ4v) is 4.49. The van der Waals surface area contributed by atoms with Crippen molar-refractivity contribution in [3.63, 3.8) is 0 Å². The van der Waals surface area contributed by atoms with Crippen molar-refractivity contribution in [2.24, 2.45) is 0 Å². The second kappa shape index (κ2) is 10.1. The van der Waals surface area contributed by atoms with E-state index in [1.807, 2.05) is 48.5 Å². The molecule has 0 saturated carbocycles. The van der Waals surface area contributed by atoms with Gasteiger partial charge in [-0.25, -0.2) is 8.42 Å². The number of halogens is 1. The Balaban J connectivity index is 1.72. The normalized spacial score (nSPS) is 11.4. The van der Waals surface area contributed by atoms with Gasteiger partial charge in [0.1, 0.15) is 0 Å². The van der Waals surface area contributed by atoms with Crippen molar-refractivity contribution in [2.45, 2.75) is 16.3 Å². The largest absolute Gasteiger partial charge is 0.324 e. The quantitative estimate of drug-likeness (QED) is 0.519. The lowest BCUT2D eigenvalue weighted by Gasteiger charge is -2.20. The lowest BCUT2D eigenvalue weighted by molar-refractivity contribution is -0.116. The van der Waals surface area contributed by atoms with Crippen LogP contribution in [0.2, 0.25) is 5.02 Å². The minimum absolute atomic E-state index is 0.0871. The minimum Gasteiger partial charge on any atom is -0.324 e. The molecule has 0 fully saturated rings. The van der Waals surface area contributed by atoms with E-state index in [0.717, 1.165) is 25.9 Å². The Morgan fingerprint density at radius 1 is 0.967 bits per heavy atom. The SMILES string of the molecule is CS(=O)(=O)N(CC(=O)Nc1ccccc1Sc1ccccc1)Cc1ccc(Cl)cc1. The third-order valence-corrected chi connectivity index (χ3v) is 6.73. The first-order valence-electron chi connectivity index (χ1n) is 9.12. The van der Waals surface area contributed by atoms with Gasteiger partial charge in [0, 0.05) is 21.4 Å². The van der Waals surface area contributed by atoms with E-state index in [9.17, 15) is 13.2 Å². The second-order valence-corrected chi connectivity index (χ2v) is 10.2. The molecule has 0 spiro atoms. The maximum atomic E-state index is 12.7. The van der Waals surface area contributed by atoms with Crippen molar-refractivity contribution in [3.05, 3.63) is 89.4 Å². The molecule has 5 nitrogen and oxygen atoms in total. The third kappa shape index (κ3) is 6.60. The van der Waals surface area contributed by atoms with Crippen LogP contribution in [0.15, 0.2) is 88.7 Å². The first kappa shape index (κ1) is 22.4. The van der Waals surface area contributed by atoms with Crippen LogP contribution in [0, 0.1) is 0 Å². The highest BCUT2D eigenvalue weighted by Crippen LogP contribution is 2.33. The zero-order valence-corrected chi connectivity index (χ0v) is 18.7. The van der Waals surface area contributed by atoms with Crippen molar-refractivity contribution >= 4 is 45.0 Å². The summed E-state index contributed by atoms with van der Waals surface area (Å²) in [6.45, 7) is -0.199. The molecule has 0 radical (unpaired) electrons. The van der Waals surface area contributed by atoms with Crippen LogP contribution in [0.3, 0.4) is 0 Å². The average Bonchev–Trinajstić information content (AvgIpc) is 2.71. The van der Waals surface area contributed by atoms with Gasteiger partial charge in [0.15, 0.2) is 0 Å². The Labute approximate surface area is 186 Å². The predicted molar refractivity (Wildman–Crippen MR) is 122 cm³/mol. The Morgan fingerprint density at radius 2 is 1.60 bits per heavy atom. The molecule has 0 aliphatic heterocycles. The van der Waals surface area contributed by atoms with Crippen LogP contribution in [0.4, 0.5) is 5.69 Å². The summed E-state index contributed by atoms with van der Waals surface area (Å²) < 4.78 is 25.6. The molecule has 0 bridgehead atoms. The average molecular weight is 461 g/mol. The number of benzene rings is 3. The number of hydrogen-bond donors (Lipinski definition) is 1. The fraction of sp³-hybridized carbons (Fsp3) is 0.136. The first-order valence-corrected chi connectivity index (χ1v) is 12.2. The summed E-state index contributed by atoms with van der Waals surface area (Å²) in [6, 6.07) is 24.1. The number of sulfonamides is 1. The van der Waals surface area contributed by atoms with E-state index in [4.69, 9.17) is 11.6 Å². The van der Waals surface area contributed by atoms with Gasteiger partial charge < -0.3 is 5.32 Å². The summed E-state index contributed by atoms with van der Waals surface area (Å²) in [4.78, 5) is 14.6. The molecular formula is C22H21ClN2O3S2. The van der Waals surface area contributed by atoms with Gasteiger partial charge in [-0.05, 0) is 42.0 Å². The molecule has 0 aliphatic rings. The van der Waals surface area contributed by atoms with Crippen LogP contribution in [-0.2, 0) is 21.4 Å². The van der Waals surface area contributed by atoms with Gasteiger partial charge in [0.25, 0.3) is 0 Å². The van der Waals surface area contributed by atoms with Crippen molar-refractivity contribution in [1.82, 2.24) is 4.31 Å². The molecule has 3 aromatic carbocycles. The summed E-state index contributed by atoms with van der Waals surface area (Å²) in [6.07, 6.45) is 1.09. The summed E-state index contributed by atoms with van der Waals surface area (Å²) >= 11 is 7.41. The molecule has 0 aliphatic carbocycles. The maximum Gasteiger partial charge on any atom is 0.239 e. The Kier molecular flexibility index (Phi) is 7.55. The van der Waals surface area contributed by atoms with Crippen LogP contribution in [0.25, 0.3) is 0 Å². The summed E-state index contributed by atoms with van der Waals surface area (Å²) in [5.41, 5.74) is 1.38. The lowest BCUT2D eigenvalue weighted by atomic mass is 10.2. The van der Waals surface area contributed by atoms with Crippen molar-refractivity contribution in [2.75, 3.05) is 18.1 Å². The molecule has 1 N–H and O–H groups in total. The Hall–Kier alpha value is -2.32. The second-order valence-electron chi connectivity index (χ2n) is 6.62. The van der Waals surface area contributed by atoms with E-state index in [-0.39, 0.29) is 13.1 Å². The lowest BCUT2D eigenvalue weighted by Crippen LogP contribution is -2.36. The third-order valence-electron chi connectivity index (χ3n) is 4.19. The topological polar surface area (TPSA) is 66.5 Å². The summed E-state index contributed by atoms with van der Waals surface area (Å²) in [5, 5.41) is 3.41. The number of hydrogen-bond acceptors (Lipinski definition) is 4. The first-order chi connectivity index (χ1) is 14.3. The van der Waals surface area contributed by atoms with E-state index in [1.165, 1.54) is 11.8 Å². The van der Waals surface area contributed by atoms with Gasteiger partial charge in [-0.2, -0.15) is 4.31 Å².